The summed E-state index contributed by atoms with van der Waals surface area (Å²) in [4.78, 5) is 11.7. The number of hydrogen-bond acceptors (Lipinski definition) is 4. The summed E-state index contributed by atoms with van der Waals surface area (Å²) in [5.41, 5.74) is 5.42. The molecule has 0 aromatic heterocycles. The number of nitrogens with two attached hydrogens (primary N) is 1. The van der Waals surface area contributed by atoms with E-state index in [0.29, 0.717) is 6.10 Å². The zero-order valence-electron chi connectivity index (χ0n) is 8.94. The average Bonchev–Trinajstić information content (AvgIpc) is 2.81. The van der Waals surface area contributed by atoms with Crippen LogP contribution in [0, 0.1) is 0 Å². The Morgan fingerprint density at radius 3 is 2.93 bits per heavy atom. The van der Waals surface area contributed by atoms with Gasteiger partial charge >= 0.3 is 0 Å². The molecule has 5 nitrogen and oxygen atoms in total. The lowest BCUT2D eigenvalue weighted by Gasteiger charge is -2.22. The number of nitrogens with one attached hydrogen (secondary N) is 1. The molecular formula is C10H18N2O3. The van der Waals surface area contributed by atoms with E-state index >= 15 is 0 Å². The SMILES string of the molecule is COC(CN)C(=O)NC1CC2CCC1O2. The molecule has 4 atom stereocenters. The van der Waals surface area contributed by atoms with Gasteiger partial charge in [-0.25, -0.2) is 0 Å². The molecule has 15 heavy (non-hydrogen) atoms. The summed E-state index contributed by atoms with van der Waals surface area (Å²) < 4.78 is 10.6. The van der Waals surface area contributed by atoms with Gasteiger partial charge in [-0.3, -0.25) is 4.79 Å². The number of carbonyl (C=O) groups is 1. The van der Waals surface area contributed by atoms with Crippen LogP contribution in [0.5, 0.6) is 0 Å². The van der Waals surface area contributed by atoms with Crippen molar-refractivity contribution in [3.63, 3.8) is 0 Å². The minimum Gasteiger partial charge on any atom is -0.373 e. The van der Waals surface area contributed by atoms with Crippen LogP contribution in [0.25, 0.3) is 0 Å². The van der Waals surface area contributed by atoms with E-state index in [0.717, 1.165) is 19.3 Å². The maximum Gasteiger partial charge on any atom is 0.250 e. The van der Waals surface area contributed by atoms with E-state index in [1.807, 2.05) is 0 Å². The van der Waals surface area contributed by atoms with E-state index in [2.05, 4.69) is 5.32 Å². The van der Waals surface area contributed by atoms with Crippen LogP contribution in [-0.2, 0) is 14.3 Å². The molecule has 4 unspecified atom stereocenters. The van der Waals surface area contributed by atoms with Gasteiger partial charge in [-0.15, -0.1) is 0 Å². The van der Waals surface area contributed by atoms with Crippen LogP contribution in [0.4, 0.5) is 0 Å². The first kappa shape index (κ1) is 10.9. The van der Waals surface area contributed by atoms with Gasteiger partial charge in [0.1, 0.15) is 6.10 Å². The minimum atomic E-state index is -0.538. The highest BCUT2D eigenvalue weighted by Crippen LogP contribution is 2.34. The molecule has 2 bridgehead atoms. The molecule has 0 aliphatic carbocycles. The zero-order valence-corrected chi connectivity index (χ0v) is 8.94. The van der Waals surface area contributed by atoms with Crippen molar-refractivity contribution in [2.24, 2.45) is 5.73 Å². The maximum atomic E-state index is 11.7. The van der Waals surface area contributed by atoms with Crippen LogP contribution in [0.15, 0.2) is 0 Å². The predicted octanol–water partition coefficient (Wildman–Crippen LogP) is -0.604. The van der Waals surface area contributed by atoms with Crippen molar-refractivity contribution < 1.29 is 14.3 Å². The number of ether oxygens (including phenoxy) is 2. The molecule has 2 aliphatic rings. The van der Waals surface area contributed by atoms with Crippen molar-refractivity contribution in [2.75, 3.05) is 13.7 Å². The van der Waals surface area contributed by atoms with Crippen LogP contribution < -0.4 is 11.1 Å². The Morgan fingerprint density at radius 1 is 1.67 bits per heavy atom. The third-order valence-electron chi connectivity index (χ3n) is 3.22. The molecule has 3 N–H and O–H groups in total. The fourth-order valence-corrected chi connectivity index (χ4v) is 2.38. The molecule has 2 fully saturated rings. The predicted molar refractivity (Wildman–Crippen MR) is 54.3 cm³/mol. The second kappa shape index (κ2) is 4.47. The van der Waals surface area contributed by atoms with Gasteiger partial charge in [0.25, 0.3) is 5.91 Å². The van der Waals surface area contributed by atoms with E-state index < -0.39 is 6.10 Å². The molecule has 2 heterocycles. The molecule has 2 saturated heterocycles. The third-order valence-corrected chi connectivity index (χ3v) is 3.22. The van der Waals surface area contributed by atoms with Gasteiger partial charge in [-0.05, 0) is 19.3 Å². The monoisotopic (exact) mass is 214 g/mol. The largest absolute Gasteiger partial charge is 0.373 e. The van der Waals surface area contributed by atoms with Gasteiger partial charge in [0.05, 0.1) is 18.2 Å². The van der Waals surface area contributed by atoms with Crippen molar-refractivity contribution in [2.45, 2.75) is 43.6 Å². The van der Waals surface area contributed by atoms with Gasteiger partial charge < -0.3 is 20.5 Å². The van der Waals surface area contributed by atoms with E-state index in [-0.39, 0.29) is 24.6 Å². The first-order chi connectivity index (χ1) is 7.24. The quantitative estimate of drug-likeness (QED) is 0.655. The molecule has 0 aromatic rings. The van der Waals surface area contributed by atoms with Gasteiger partial charge in [0.2, 0.25) is 0 Å². The highest BCUT2D eigenvalue weighted by atomic mass is 16.5. The summed E-state index contributed by atoms with van der Waals surface area (Å²) in [7, 11) is 1.49. The standard InChI is InChI=1S/C10H18N2O3/c1-14-9(5-11)10(13)12-7-4-6-2-3-8(7)15-6/h6-9H,2-5,11H2,1H3,(H,12,13). The molecule has 86 valence electrons. The van der Waals surface area contributed by atoms with Gasteiger partial charge in [-0.1, -0.05) is 0 Å². The lowest BCUT2D eigenvalue weighted by atomic mass is 9.95. The fourth-order valence-electron chi connectivity index (χ4n) is 2.38. The van der Waals surface area contributed by atoms with E-state index in [1.165, 1.54) is 7.11 Å². The second-order valence-electron chi connectivity index (χ2n) is 4.18. The molecular weight excluding hydrogens is 196 g/mol. The van der Waals surface area contributed by atoms with E-state index in [4.69, 9.17) is 15.2 Å². The fraction of sp³-hybridized carbons (Fsp3) is 0.900. The van der Waals surface area contributed by atoms with Crippen molar-refractivity contribution in [1.82, 2.24) is 5.32 Å². The Hall–Kier alpha value is -0.650. The van der Waals surface area contributed by atoms with Gasteiger partial charge in [0.15, 0.2) is 0 Å². The van der Waals surface area contributed by atoms with Crippen molar-refractivity contribution in [3.05, 3.63) is 0 Å². The number of carbonyl (C=O) groups excluding carboxylic acids is 1. The van der Waals surface area contributed by atoms with Crippen molar-refractivity contribution in [1.29, 1.82) is 0 Å². The molecule has 1 amide bonds. The Bertz CT molecular complexity index is 243. The average molecular weight is 214 g/mol. The molecule has 0 radical (unpaired) electrons. The van der Waals surface area contributed by atoms with E-state index in [9.17, 15) is 4.79 Å². The van der Waals surface area contributed by atoms with Crippen LogP contribution in [0.3, 0.4) is 0 Å². The lowest BCUT2D eigenvalue weighted by Crippen LogP contribution is -2.48. The minimum absolute atomic E-state index is 0.124. The van der Waals surface area contributed by atoms with Crippen molar-refractivity contribution >= 4 is 5.91 Å². The molecule has 0 spiro atoms. The Kier molecular flexibility index (Phi) is 3.23. The third kappa shape index (κ3) is 2.14. The summed E-state index contributed by atoms with van der Waals surface area (Å²) in [6, 6.07) is 0.153. The topological polar surface area (TPSA) is 73.6 Å². The number of methoxy groups -OCH3 is 1. The summed E-state index contributed by atoms with van der Waals surface area (Å²) in [6.45, 7) is 0.212. The number of fused-ring (bicyclic) bond motifs is 2. The second-order valence-corrected chi connectivity index (χ2v) is 4.18. The molecule has 0 saturated carbocycles. The molecule has 5 heteroatoms. The van der Waals surface area contributed by atoms with Crippen LogP contribution in [0.2, 0.25) is 0 Å². The van der Waals surface area contributed by atoms with Crippen molar-refractivity contribution in [3.8, 4) is 0 Å². The summed E-state index contributed by atoms with van der Waals surface area (Å²) in [5, 5.41) is 2.94. The smallest absolute Gasteiger partial charge is 0.250 e. The van der Waals surface area contributed by atoms with Crippen LogP contribution >= 0.6 is 0 Å². The molecule has 2 aliphatic heterocycles. The van der Waals surface area contributed by atoms with E-state index in [1.54, 1.807) is 0 Å². The van der Waals surface area contributed by atoms with Gasteiger partial charge in [0, 0.05) is 13.7 Å². The highest BCUT2D eigenvalue weighted by molar-refractivity contribution is 5.81. The van der Waals surface area contributed by atoms with Crippen LogP contribution in [-0.4, -0.2) is 43.9 Å². The number of amides is 1. The first-order valence-corrected chi connectivity index (χ1v) is 5.43. The normalized spacial score (nSPS) is 35.5. The molecule has 2 rings (SSSR count). The lowest BCUT2D eigenvalue weighted by molar-refractivity contribution is -0.131. The summed E-state index contributed by atoms with van der Waals surface area (Å²) >= 11 is 0. The Morgan fingerprint density at radius 2 is 2.47 bits per heavy atom. The number of rotatable bonds is 4. The summed E-state index contributed by atoms with van der Waals surface area (Å²) in [6.07, 6.45) is 3.12. The van der Waals surface area contributed by atoms with Gasteiger partial charge in [-0.2, -0.15) is 0 Å². The highest BCUT2D eigenvalue weighted by Gasteiger charge is 2.41. The maximum absolute atomic E-state index is 11.7. The number of hydrogen-bond donors (Lipinski definition) is 2. The zero-order chi connectivity index (χ0) is 10.8. The Balaban J connectivity index is 1.84. The first-order valence-electron chi connectivity index (χ1n) is 5.43. The molecule has 0 aromatic carbocycles. The van der Waals surface area contributed by atoms with Crippen LogP contribution in [0.1, 0.15) is 19.3 Å². The Labute approximate surface area is 89.3 Å². The summed E-state index contributed by atoms with van der Waals surface area (Å²) in [5.74, 6) is -0.124.